The first-order valence-electron chi connectivity index (χ1n) is 16.0. The zero-order valence-electron chi connectivity index (χ0n) is 27.9. The molecule has 0 bridgehead atoms. The third kappa shape index (κ3) is 15.1. The van der Waals surface area contributed by atoms with Crippen LogP contribution in [0.4, 0.5) is 0 Å². The summed E-state index contributed by atoms with van der Waals surface area (Å²) in [4.78, 5) is 25.0. The number of nitrogens with zero attached hydrogens (tertiary/aromatic N) is 1. The van der Waals surface area contributed by atoms with Gasteiger partial charge in [-0.15, -0.1) is 0 Å². The van der Waals surface area contributed by atoms with Crippen LogP contribution in [0.2, 0.25) is 0 Å². The van der Waals surface area contributed by atoms with Crippen molar-refractivity contribution in [3.63, 3.8) is 0 Å². The van der Waals surface area contributed by atoms with E-state index in [2.05, 4.69) is 10.6 Å². The van der Waals surface area contributed by atoms with Gasteiger partial charge in [0.25, 0.3) is 0 Å². The highest BCUT2D eigenvalue weighted by Gasteiger charge is 2.46. The van der Waals surface area contributed by atoms with E-state index in [1.165, 1.54) is 13.8 Å². The summed E-state index contributed by atoms with van der Waals surface area (Å²) >= 11 is 0. The van der Waals surface area contributed by atoms with E-state index >= 15 is 0 Å². The number of carbonyl (C=O) groups is 2. The summed E-state index contributed by atoms with van der Waals surface area (Å²) in [6.07, 6.45) is -9.73. The number of hydrogen-bond acceptors (Lipinski definition) is 17. The second-order valence-electron chi connectivity index (χ2n) is 11.4. The summed E-state index contributed by atoms with van der Waals surface area (Å²) in [6, 6.07) is -2.01. The number of hydrogen-bond donors (Lipinski definition) is 8. The van der Waals surface area contributed by atoms with E-state index in [1.54, 1.807) is 0 Å². The lowest BCUT2D eigenvalue weighted by Crippen LogP contribution is -2.64. The van der Waals surface area contributed by atoms with Crippen LogP contribution in [0.1, 0.15) is 13.8 Å². The number of rotatable bonds is 24. The standard InChI is InChI=1S/C29H55N3O16/c1-18(35)30-22-26(39)24(37)20(16-33)47-28(22)45-14-12-43-10-8-41-6-4-32(3)5-7-42-9-11-44-13-15-46-29-23(31-19(2)36)27(40)25(38)21(17-34)48-29/h20-29,33-34,37-40H,4-17H2,1-3H3,(H,30,35)(H,31,36)/t20?,21?,22-,23?,24-,25-,26?,27?,28+,29+/m0/s1. The molecule has 0 aliphatic carbocycles. The van der Waals surface area contributed by atoms with Crippen LogP contribution in [0.5, 0.6) is 0 Å². The number of aliphatic hydroxyl groups is 6. The van der Waals surface area contributed by atoms with Crippen molar-refractivity contribution in [2.45, 2.75) is 75.1 Å². The van der Waals surface area contributed by atoms with Crippen LogP contribution in [0.15, 0.2) is 0 Å². The number of ether oxygens (including phenoxy) is 8. The summed E-state index contributed by atoms with van der Waals surface area (Å²) in [5, 5.41) is 64.3. The van der Waals surface area contributed by atoms with Gasteiger partial charge in [-0.2, -0.15) is 0 Å². The molecular weight excluding hydrogens is 646 g/mol. The average molecular weight is 702 g/mol. The molecule has 2 aliphatic heterocycles. The Bertz CT molecular complexity index is 825. The molecule has 0 aromatic heterocycles. The van der Waals surface area contributed by atoms with E-state index in [0.29, 0.717) is 52.7 Å². The monoisotopic (exact) mass is 701 g/mol. The molecule has 19 heteroatoms. The average Bonchev–Trinajstić information content (AvgIpc) is 3.05. The fourth-order valence-electron chi connectivity index (χ4n) is 4.87. The third-order valence-electron chi connectivity index (χ3n) is 7.50. The molecule has 282 valence electrons. The van der Waals surface area contributed by atoms with E-state index in [0.717, 1.165) is 0 Å². The van der Waals surface area contributed by atoms with Crippen molar-refractivity contribution < 1.29 is 78.1 Å². The molecule has 0 aromatic rings. The van der Waals surface area contributed by atoms with Gasteiger partial charge in [0.15, 0.2) is 12.6 Å². The molecule has 0 radical (unpaired) electrons. The molecule has 5 unspecified atom stereocenters. The highest BCUT2D eigenvalue weighted by Crippen LogP contribution is 2.23. The van der Waals surface area contributed by atoms with Gasteiger partial charge in [-0.05, 0) is 7.05 Å². The quantitative estimate of drug-likeness (QED) is 0.0438. The zero-order chi connectivity index (χ0) is 35.5. The van der Waals surface area contributed by atoms with Crippen molar-refractivity contribution in [3.8, 4) is 0 Å². The van der Waals surface area contributed by atoms with Crippen molar-refractivity contribution in [2.24, 2.45) is 0 Å². The van der Waals surface area contributed by atoms with E-state index in [9.17, 15) is 40.2 Å². The number of nitrogens with one attached hydrogen (secondary N) is 2. The van der Waals surface area contributed by atoms with Crippen molar-refractivity contribution in [1.29, 1.82) is 0 Å². The van der Waals surface area contributed by atoms with Gasteiger partial charge >= 0.3 is 0 Å². The van der Waals surface area contributed by atoms with Crippen LogP contribution < -0.4 is 10.6 Å². The molecule has 10 atom stereocenters. The van der Waals surface area contributed by atoms with Gasteiger partial charge in [-0.1, -0.05) is 0 Å². The molecule has 0 spiro atoms. The molecule has 8 N–H and O–H groups in total. The first kappa shape index (κ1) is 42.5. The van der Waals surface area contributed by atoms with Gasteiger partial charge in [0, 0.05) is 26.9 Å². The van der Waals surface area contributed by atoms with Gasteiger partial charge in [-0.3, -0.25) is 9.59 Å². The van der Waals surface area contributed by atoms with Crippen LogP contribution >= 0.6 is 0 Å². The molecule has 2 rings (SSSR count). The molecule has 19 nitrogen and oxygen atoms in total. The molecular formula is C29H55N3O16. The number of aliphatic hydroxyl groups excluding tert-OH is 6. The summed E-state index contributed by atoms with van der Waals surface area (Å²) in [6.45, 7) is 5.73. The summed E-state index contributed by atoms with van der Waals surface area (Å²) in [7, 11) is 1.94. The van der Waals surface area contributed by atoms with E-state index in [1.807, 2.05) is 11.9 Å². The minimum atomic E-state index is -1.38. The van der Waals surface area contributed by atoms with Crippen LogP contribution in [-0.2, 0) is 47.5 Å². The predicted molar refractivity (Wildman–Crippen MR) is 163 cm³/mol. The van der Waals surface area contributed by atoms with Crippen LogP contribution in [0, 0.1) is 0 Å². The Kier molecular flexibility index (Phi) is 21.0. The lowest BCUT2D eigenvalue weighted by Gasteiger charge is -2.42. The largest absolute Gasteiger partial charge is 0.394 e. The van der Waals surface area contributed by atoms with Crippen molar-refractivity contribution in [1.82, 2.24) is 15.5 Å². The topological polar surface area (TPSA) is 257 Å². The molecule has 2 aliphatic rings. The van der Waals surface area contributed by atoms with Gasteiger partial charge in [0.1, 0.15) is 48.7 Å². The molecule has 2 heterocycles. The minimum Gasteiger partial charge on any atom is -0.394 e. The Labute approximate surface area is 280 Å². The molecule has 48 heavy (non-hydrogen) atoms. The first-order chi connectivity index (χ1) is 23.0. The Morgan fingerprint density at radius 1 is 0.583 bits per heavy atom. The number of likely N-dealkylation sites (N-methyl/N-ethyl adjacent to an activating group) is 1. The second kappa shape index (κ2) is 23.7. The smallest absolute Gasteiger partial charge is 0.217 e. The van der Waals surface area contributed by atoms with Crippen molar-refractivity contribution in [3.05, 3.63) is 0 Å². The SMILES string of the molecule is CC(=O)NC1C(O)[C@@H](O)C(CO)O[C@H]1OCCOCCOCCN(C)CCOCCOCCO[C@@H]1OC(CO)[C@H](O)C(O)[C@@H]1NC(C)=O. The number of carbonyl (C=O) groups excluding carboxylic acids is 2. The van der Waals surface area contributed by atoms with E-state index in [4.69, 9.17) is 37.9 Å². The Hall–Kier alpha value is -1.66. The maximum absolute atomic E-state index is 11.5. The van der Waals surface area contributed by atoms with Crippen molar-refractivity contribution in [2.75, 3.05) is 99.4 Å². The molecule has 2 saturated heterocycles. The lowest BCUT2D eigenvalue weighted by atomic mass is 9.97. The fourth-order valence-corrected chi connectivity index (χ4v) is 4.87. The second-order valence-corrected chi connectivity index (χ2v) is 11.4. The summed E-state index contributed by atoms with van der Waals surface area (Å²) in [5.74, 6) is -0.863. The highest BCUT2D eigenvalue weighted by molar-refractivity contribution is 5.73. The van der Waals surface area contributed by atoms with Crippen molar-refractivity contribution >= 4 is 11.8 Å². The predicted octanol–water partition coefficient (Wildman–Crippen LogP) is -5.09. The van der Waals surface area contributed by atoms with Crippen LogP contribution in [0.3, 0.4) is 0 Å². The molecule has 0 aromatic carbocycles. The van der Waals surface area contributed by atoms with Gasteiger partial charge in [-0.25, -0.2) is 0 Å². The number of amides is 2. The minimum absolute atomic E-state index is 0.0850. The lowest BCUT2D eigenvalue weighted by molar-refractivity contribution is -0.272. The van der Waals surface area contributed by atoms with E-state index < -0.39 is 86.3 Å². The van der Waals surface area contributed by atoms with Crippen LogP contribution in [0.25, 0.3) is 0 Å². The Balaban J connectivity index is 1.44. The molecule has 2 amide bonds. The normalized spacial score (nSPS) is 30.8. The Morgan fingerprint density at radius 3 is 1.25 bits per heavy atom. The highest BCUT2D eigenvalue weighted by atomic mass is 16.7. The maximum atomic E-state index is 11.5. The maximum Gasteiger partial charge on any atom is 0.217 e. The van der Waals surface area contributed by atoms with Gasteiger partial charge in [0.05, 0.1) is 79.3 Å². The zero-order valence-corrected chi connectivity index (χ0v) is 27.9. The fraction of sp³-hybridized carbons (Fsp3) is 0.931. The Morgan fingerprint density at radius 2 is 0.917 bits per heavy atom. The van der Waals surface area contributed by atoms with Gasteiger partial charge < -0.3 is 84.1 Å². The summed E-state index contributed by atoms with van der Waals surface area (Å²) in [5.41, 5.74) is 0. The summed E-state index contributed by atoms with van der Waals surface area (Å²) < 4.78 is 44.3. The first-order valence-corrected chi connectivity index (χ1v) is 16.0. The molecule has 0 saturated carbocycles. The van der Waals surface area contributed by atoms with Gasteiger partial charge in [0.2, 0.25) is 11.8 Å². The van der Waals surface area contributed by atoms with E-state index in [-0.39, 0.29) is 26.4 Å². The van der Waals surface area contributed by atoms with Crippen LogP contribution in [-0.4, -0.2) is 208 Å². The molecule has 2 fully saturated rings. The third-order valence-corrected chi connectivity index (χ3v) is 7.50.